The minimum absolute atomic E-state index is 0.198. The molecular formula is C17H20O6. The third kappa shape index (κ3) is 5.05. The number of carbonyl (C=O) groups excluding carboxylic acids is 2. The first-order valence-corrected chi connectivity index (χ1v) is 6.81. The van der Waals surface area contributed by atoms with Crippen LogP contribution in [0.4, 0.5) is 0 Å². The first kappa shape index (κ1) is 18.6. The van der Waals surface area contributed by atoms with E-state index in [-0.39, 0.29) is 5.57 Å². The highest BCUT2D eigenvalue weighted by Crippen LogP contribution is 2.22. The second kappa shape index (κ2) is 9.55. The summed E-state index contributed by atoms with van der Waals surface area (Å²) in [4.78, 5) is 24.3. The number of rotatable bonds is 9. The van der Waals surface area contributed by atoms with Crippen molar-refractivity contribution in [2.45, 2.75) is 6.29 Å². The van der Waals surface area contributed by atoms with E-state index >= 15 is 0 Å². The highest BCUT2D eigenvalue weighted by molar-refractivity contribution is 6.21. The molecule has 0 N–H and O–H groups in total. The van der Waals surface area contributed by atoms with Crippen molar-refractivity contribution < 1.29 is 28.5 Å². The van der Waals surface area contributed by atoms with Crippen LogP contribution in [0.5, 0.6) is 5.75 Å². The molecule has 0 unspecified atom stereocenters. The highest BCUT2D eigenvalue weighted by Gasteiger charge is 2.27. The molecule has 0 atom stereocenters. The molecule has 0 spiro atoms. The molecule has 1 aromatic rings. The van der Waals surface area contributed by atoms with Crippen LogP contribution in [0.2, 0.25) is 0 Å². The molecular weight excluding hydrogens is 300 g/mol. The van der Waals surface area contributed by atoms with Crippen LogP contribution in [0, 0.1) is 0 Å². The highest BCUT2D eigenvalue weighted by atomic mass is 16.7. The number of esters is 1. The van der Waals surface area contributed by atoms with Gasteiger partial charge in [-0.2, -0.15) is 0 Å². The van der Waals surface area contributed by atoms with E-state index in [9.17, 15) is 9.59 Å². The fraction of sp³-hybridized carbons (Fsp3) is 0.294. The first-order chi connectivity index (χ1) is 11.1. The molecule has 0 bridgehead atoms. The Morgan fingerprint density at radius 1 is 1.17 bits per heavy atom. The van der Waals surface area contributed by atoms with Crippen LogP contribution < -0.4 is 4.74 Å². The lowest BCUT2D eigenvalue weighted by Gasteiger charge is -2.14. The molecule has 0 saturated heterocycles. The van der Waals surface area contributed by atoms with E-state index in [4.69, 9.17) is 14.2 Å². The molecule has 0 amide bonds. The maximum absolute atomic E-state index is 12.4. The van der Waals surface area contributed by atoms with Gasteiger partial charge in [-0.05, 0) is 12.1 Å². The van der Waals surface area contributed by atoms with Crippen molar-refractivity contribution in [1.82, 2.24) is 0 Å². The van der Waals surface area contributed by atoms with Gasteiger partial charge < -0.3 is 18.9 Å². The van der Waals surface area contributed by atoms with E-state index in [1.54, 1.807) is 30.3 Å². The summed E-state index contributed by atoms with van der Waals surface area (Å²) in [6, 6.07) is 6.97. The zero-order valence-corrected chi connectivity index (χ0v) is 13.4. The molecule has 0 fully saturated rings. The average Bonchev–Trinajstić information content (AvgIpc) is 2.58. The van der Waals surface area contributed by atoms with Crippen molar-refractivity contribution in [2.24, 2.45) is 0 Å². The summed E-state index contributed by atoms with van der Waals surface area (Å²) in [6.07, 6.45) is 1.79. The van der Waals surface area contributed by atoms with Crippen molar-refractivity contribution in [3.05, 3.63) is 48.1 Å². The molecule has 0 aliphatic heterocycles. The lowest BCUT2D eigenvalue weighted by molar-refractivity contribution is -0.155. The van der Waals surface area contributed by atoms with E-state index in [2.05, 4.69) is 11.3 Å². The normalized spacial score (nSPS) is 11.2. The third-order valence-corrected chi connectivity index (χ3v) is 2.89. The fourth-order valence-corrected chi connectivity index (χ4v) is 1.81. The summed E-state index contributed by atoms with van der Waals surface area (Å²) < 4.78 is 20.0. The molecule has 1 aromatic carbocycles. The van der Waals surface area contributed by atoms with Gasteiger partial charge in [0.1, 0.15) is 17.9 Å². The Morgan fingerprint density at radius 2 is 1.83 bits per heavy atom. The predicted octanol–water partition coefficient (Wildman–Crippen LogP) is 2.00. The number of hydrogen-bond donors (Lipinski definition) is 0. The second-order valence-electron chi connectivity index (χ2n) is 4.35. The van der Waals surface area contributed by atoms with Gasteiger partial charge in [0.25, 0.3) is 0 Å². The summed E-state index contributed by atoms with van der Waals surface area (Å²) >= 11 is 0. The summed E-state index contributed by atoms with van der Waals surface area (Å²) in [5, 5.41) is 0. The smallest absolute Gasteiger partial charge is 0.341 e. The van der Waals surface area contributed by atoms with Crippen molar-refractivity contribution in [3.63, 3.8) is 0 Å². The van der Waals surface area contributed by atoms with E-state index in [0.29, 0.717) is 17.9 Å². The number of ketones is 1. The topological polar surface area (TPSA) is 71.1 Å². The van der Waals surface area contributed by atoms with Crippen molar-refractivity contribution in [1.29, 1.82) is 0 Å². The predicted molar refractivity (Wildman–Crippen MR) is 84.9 cm³/mol. The molecule has 0 aliphatic rings. The summed E-state index contributed by atoms with van der Waals surface area (Å²) in [5.41, 5.74) is 0.352. The van der Waals surface area contributed by atoms with Crippen LogP contribution >= 0.6 is 0 Å². The molecule has 6 nitrogen and oxygen atoms in total. The zero-order chi connectivity index (χ0) is 17.2. The quantitative estimate of drug-likeness (QED) is 0.173. The van der Waals surface area contributed by atoms with Crippen LogP contribution in [-0.4, -0.2) is 46.0 Å². The van der Waals surface area contributed by atoms with Crippen LogP contribution in [0.3, 0.4) is 0 Å². The van der Waals surface area contributed by atoms with Gasteiger partial charge in [0.15, 0.2) is 0 Å². The molecule has 6 heteroatoms. The summed E-state index contributed by atoms with van der Waals surface area (Å²) in [7, 11) is 3.81. The monoisotopic (exact) mass is 320 g/mol. The van der Waals surface area contributed by atoms with Gasteiger partial charge in [0.2, 0.25) is 12.1 Å². The van der Waals surface area contributed by atoms with Crippen LogP contribution in [-0.2, 0) is 23.8 Å². The Kier molecular flexibility index (Phi) is 7.73. The SMILES string of the molecule is C=CCOc1ccccc1/C=C(/C(=O)OC)C(=O)C(OC)OC. The van der Waals surface area contributed by atoms with E-state index < -0.39 is 18.0 Å². The molecule has 23 heavy (non-hydrogen) atoms. The Hall–Kier alpha value is -2.44. The van der Waals surface area contributed by atoms with E-state index in [0.717, 1.165) is 0 Å². The van der Waals surface area contributed by atoms with Gasteiger partial charge in [0.05, 0.1) is 7.11 Å². The fourth-order valence-electron chi connectivity index (χ4n) is 1.81. The number of ether oxygens (including phenoxy) is 4. The van der Waals surface area contributed by atoms with Crippen LogP contribution in [0.25, 0.3) is 6.08 Å². The maximum atomic E-state index is 12.4. The second-order valence-corrected chi connectivity index (χ2v) is 4.35. The molecule has 124 valence electrons. The van der Waals surface area contributed by atoms with Gasteiger partial charge in [-0.1, -0.05) is 30.9 Å². The maximum Gasteiger partial charge on any atom is 0.341 e. The largest absolute Gasteiger partial charge is 0.489 e. The Morgan fingerprint density at radius 3 is 2.39 bits per heavy atom. The van der Waals surface area contributed by atoms with Gasteiger partial charge in [0, 0.05) is 19.8 Å². The van der Waals surface area contributed by atoms with E-state index in [1.165, 1.54) is 27.4 Å². The number of hydrogen-bond acceptors (Lipinski definition) is 6. The molecule has 0 aliphatic carbocycles. The summed E-state index contributed by atoms with van der Waals surface area (Å²) in [6.45, 7) is 3.88. The van der Waals surface area contributed by atoms with Crippen molar-refractivity contribution in [2.75, 3.05) is 27.9 Å². The summed E-state index contributed by atoms with van der Waals surface area (Å²) in [5.74, 6) is -0.916. The Bertz CT molecular complexity index is 587. The van der Waals surface area contributed by atoms with Gasteiger partial charge in [-0.3, -0.25) is 4.79 Å². The molecule has 0 radical (unpaired) electrons. The van der Waals surface area contributed by atoms with E-state index in [1.807, 2.05) is 0 Å². The number of benzene rings is 1. The van der Waals surface area contributed by atoms with Crippen molar-refractivity contribution >= 4 is 17.8 Å². The number of para-hydroxylation sites is 1. The van der Waals surface area contributed by atoms with Gasteiger partial charge >= 0.3 is 5.97 Å². The first-order valence-electron chi connectivity index (χ1n) is 6.81. The minimum Gasteiger partial charge on any atom is -0.489 e. The lowest BCUT2D eigenvalue weighted by atomic mass is 10.1. The average molecular weight is 320 g/mol. The third-order valence-electron chi connectivity index (χ3n) is 2.89. The molecule has 0 saturated carbocycles. The standard InChI is InChI=1S/C17H20O6/c1-5-10-23-14-9-7-6-8-12(14)11-13(16(19)20-2)15(18)17(21-3)22-4/h5-9,11,17H,1,10H2,2-4H3/b13-11+. The number of carbonyl (C=O) groups is 2. The minimum atomic E-state index is -1.19. The lowest BCUT2D eigenvalue weighted by Crippen LogP contribution is -2.29. The Balaban J connectivity index is 3.27. The molecule has 0 heterocycles. The number of methoxy groups -OCH3 is 3. The van der Waals surface area contributed by atoms with Crippen molar-refractivity contribution in [3.8, 4) is 5.75 Å². The van der Waals surface area contributed by atoms with Crippen LogP contribution in [0.15, 0.2) is 42.5 Å². The number of Topliss-reactive ketones (excluding diaryl/α,β-unsaturated/α-hetero) is 1. The Labute approximate surface area is 135 Å². The van der Waals surface area contributed by atoms with Gasteiger partial charge in [-0.25, -0.2) is 4.79 Å². The van der Waals surface area contributed by atoms with Gasteiger partial charge in [-0.15, -0.1) is 0 Å². The molecule has 1 rings (SSSR count). The zero-order valence-electron chi connectivity index (χ0n) is 13.4. The van der Waals surface area contributed by atoms with Crippen LogP contribution in [0.1, 0.15) is 5.56 Å². The molecule has 0 aromatic heterocycles.